The molecule has 0 aliphatic carbocycles. The van der Waals surface area contributed by atoms with Gasteiger partial charge in [-0.25, -0.2) is 4.57 Å². The van der Waals surface area contributed by atoms with Crippen LogP contribution in [0.3, 0.4) is 0 Å². The maximum absolute atomic E-state index is 12.1. The highest BCUT2D eigenvalue weighted by Crippen LogP contribution is 2.46. The van der Waals surface area contributed by atoms with Crippen LogP contribution in [0.4, 0.5) is 5.69 Å². The second-order valence-corrected chi connectivity index (χ2v) is 6.11. The Morgan fingerprint density at radius 2 is 2.00 bits per heavy atom. The normalized spacial score (nSPS) is 13.8. The number of unbranched alkanes of at least 4 members (excludes halogenated alkanes) is 2. The molecule has 0 aliphatic rings. The number of hydrogen-bond acceptors (Lipinski definition) is 5. The molecule has 0 saturated heterocycles. The highest BCUT2D eigenvalue weighted by atomic mass is 31.2. The zero-order chi connectivity index (χ0) is 14.3. The van der Waals surface area contributed by atoms with Crippen LogP contribution in [-0.4, -0.2) is 18.2 Å². The summed E-state index contributed by atoms with van der Waals surface area (Å²) in [6.07, 6.45) is 2.79. The summed E-state index contributed by atoms with van der Waals surface area (Å²) in [5.41, 5.74) is -0.221. The molecule has 0 aliphatic heterocycles. The van der Waals surface area contributed by atoms with E-state index in [4.69, 9.17) is 9.05 Å². The number of rotatable bonds is 8. The molecule has 0 bridgehead atoms. The lowest BCUT2D eigenvalue weighted by Crippen LogP contribution is -2.00. The Morgan fingerprint density at radius 3 is 2.63 bits per heavy atom. The van der Waals surface area contributed by atoms with Gasteiger partial charge in [-0.3, -0.25) is 14.6 Å². The van der Waals surface area contributed by atoms with Crippen LogP contribution in [0.1, 0.15) is 26.2 Å². The van der Waals surface area contributed by atoms with E-state index in [1.165, 1.54) is 24.9 Å². The van der Waals surface area contributed by atoms with Gasteiger partial charge in [0.2, 0.25) is 5.75 Å². The molecule has 0 fully saturated rings. The maximum Gasteiger partial charge on any atom is 0.376 e. The molecule has 106 valence electrons. The van der Waals surface area contributed by atoms with Gasteiger partial charge in [0.15, 0.2) is 0 Å². The molecule has 0 aromatic heterocycles. The van der Waals surface area contributed by atoms with E-state index in [1.807, 2.05) is 0 Å². The minimum Gasteiger partial charge on any atom is -0.417 e. The summed E-state index contributed by atoms with van der Waals surface area (Å²) in [6, 6.07) is 5.81. The molecule has 1 aromatic carbocycles. The van der Waals surface area contributed by atoms with Gasteiger partial charge in [-0.1, -0.05) is 31.9 Å². The van der Waals surface area contributed by atoms with Crippen LogP contribution in [-0.2, 0) is 9.09 Å². The van der Waals surface area contributed by atoms with Crippen LogP contribution >= 0.6 is 7.60 Å². The largest absolute Gasteiger partial charge is 0.417 e. The van der Waals surface area contributed by atoms with E-state index in [0.717, 1.165) is 19.3 Å². The minimum atomic E-state index is -3.33. The van der Waals surface area contributed by atoms with Gasteiger partial charge >= 0.3 is 13.3 Å². The number of nitro groups is 1. The molecule has 1 unspecified atom stereocenters. The van der Waals surface area contributed by atoms with E-state index < -0.39 is 12.5 Å². The van der Waals surface area contributed by atoms with E-state index in [0.29, 0.717) is 6.61 Å². The number of para-hydroxylation sites is 2. The fourth-order valence-electron chi connectivity index (χ4n) is 1.47. The topological polar surface area (TPSA) is 78.7 Å². The van der Waals surface area contributed by atoms with Gasteiger partial charge in [0.1, 0.15) is 0 Å². The van der Waals surface area contributed by atoms with Crippen molar-refractivity contribution in [3.05, 3.63) is 34.4 Å². The van der Waals surface area contributed by atoms with Crippen molar-refractivity contribution in [1.29, 1.82) is 0 Å². The Bertz CT molecular complexity index is 477. The molecule has 0 radical (unpaired) electrons. The molecule has 0 amide bonds. The van der Waals surface area contributed by atoms with Crippen molar-refractivity contribution in [2.24, 2.45) is 0 Å². The predicted octanol–water partition coefficient (Wildman–Crippen LogP) is 4.00. The molecule has 0 heterocycles. The maximum atomic E-state index is 12.1. The summed E-state index contributed by atoms with van der Waals surface area (Å²) in [5.74, 6) is -0.0335. The van der Waals surface area contributed by atoms with Crippen LogP contribution < -0.4 is 4.52 Å². The van der Waals surface area contributed by atoms with Gasteiger partial charge in [0.05, 0.1) is 11.5 Å². The van der Waals surface area contributed by atoms with E-state index >= 15 is 0 Å². The molecular weight excluding hydrogens is 269 g/mol. The smallest absolute Gasteiger partial charge is 0.376 e. The molecule has 1 aromatic rings. The fourth-order valence-corrected chi connectivity index (χ4v) is 2.50. The number of benzene rings is 1. The average Bonchev–Trinajstić information content (AvgIpc) is 2.34. The lowest BCUT2D eigenvalue weighted by atomic mass is 10.3. The standard InChI is InChI=1S/C12H18NO5P/c1-3-4-7-10-17-19(2,16)18-12-9-6-5-8-11(12)13(14)15/h5-6,8-9H,3-4,7,10H2,1-2H3. The zero-order valence-electron chi connectivity index (χ0n) is 11.1. The van der Waals surface area contributed by atoms with Crippen LogP contribution in [0.5, 0.6) is 5.75 Å². The Balaban J connectivity index is 2.67. The molecule has 1 rings (SSSR count). The first kappa shape index (κ1) is 15.7. The van der Waals surface area contributed by atoms with Crippen LogP contribution in [0.15, 0.2) is 24.3 Å². The van der Waals surface area contributed by atoms with Gasteiger partial charge in [0.25, 0.3) is 0 Å². The van der Waals surface area contributed by atoms with E-state index in [1.54, 1.807) is 6.07 Å². The first-order valence-corrected chi connectivity index (χ1v) is 8.10. The van der Waals surface area contributed by atoms with Crippen molar-refractivity contribution >= 4 is 13.3 Å². The third kappa shape index (κ3) is 5.41. The predicted molar refractivity (Wildman–Crippen MR) is 72.7 cm³/mol. The second kappa shape index (κ2) is 7.26. The van der Waals surface area contributed by atoms with Crippen molar-refractivity contribution in [1.82, 2.24) is 0 Å². The summed E-state index contributed by atoms with van der Waals surface area (Å²) in [6.45, 7) is 3.69. The quantitative estimate of drug-likeness (QED) is 0.312. The number of hydrogen-bond donors (Lipinski definition) is 0. The van der Waals surface area contributed by atoms with Crippen molar-refractivity contribution in [2.45, 2.75) is 26.2 Å². The summed E-state index contributed by atoms with van der Waals surface area (Å²) in [5, 5.41) is 10.8. The van der Waals surface area contributed by atoms with Crippen molar-refractivity contribution in [2.75, 3.05) is 13.3 Å². The Kier molecular flexibility index (Phi) is 5.99. The Labute approximate surface area is 112 Å². The monoisotopic (exact) mass is 287 g/mol. The second-order valence-electron chi connectivity index (χ2n) is 4.13. The molecule has 19 heavy (non-hydrogen) atoms. The average molecular weight is 287 g/mol. The van der Waals surface area contributed by atoms with E-state index in [9.17, 15) is 14.7 Å². The highest BCUT2D eigenvalue weighted by molar-refractivity contribution is 7.53. The molecule has 1 atom stereocenters. The first-order chi connectivity index (χ1) is 8.96. The Hall–Kier alpha value is -1.39. The fraction of sp³-hybridized carbons (Fsp3) is 0.500. The summed E-state index contributed by atoms with van der Waals surface area (Å²) in [4.78, 5) is 10.2. The van der Waals surface area contributed by atoms with Gasteiger partial charge in [-0.2, -0.15) is 0 Å². The van der Waals surface area contributed by atoms with Gasteiger partial charge < -0.3 is 4.52 Å². The van der Waals surface area contributed by atoms with Gasteiger partial charge in [-0.05, 0) is 12.5 Å². The third-order valence-corrected chi connectivity index (χ3v) is 3.58. The lowest BCUT2D eigenvalue weighted by Gasteiger charge is -2.15. The highest BCUT2D eigenvalue weighted by Gasteiger charge is 2.23. The molecular formula is C12H18NO5P. The van der Waals surface area contributed by atoms with Crippen LogP contribution in [0.2, 0.25) is 0 Å². The molecule has 7 heteroatoms. The SMILES string of the molecule is CCCCCOP(C)(=O)Oc1ccccc1[N+](=O)[O-]. The molecule has 0 saturated carbocycles. The van der Waals surface area contributed by atoms with Crippen molar-refractivity contribution in [3.63, 3.8) is 0 Å². The van der Waals surface area contributed by atoms with E-state index in [2.05, 4.69) is 6.92 Å². The van der Waals surface area contributed by atoms with Crippen LogP contribution in [0, 0.1) is 10.1 Å². The molecule has 0 N–H and O–H groups in total. The summed E-state index contributed by atoms with van der Waals surface area (Å²) >= 11 is 0. The Morgan fingerprint density at radius 1 is 1.32 bits per heavy atom. The number of nitro benzene ring substituents is 1. The van der Waals surface area contributed by atoms with Gasteiger partial charge in [-0.15, -0.1) is 0 Å². The first-order valence-electron chi connectivity index (χ1n) is 6.11. The van der Waals surface area contributed by atoms with Crippen LogP contribution in [0.25, 0.3) is 0 Å². The zero-order valence-corrected chi connectivity index (χ0v) is 12.0. The third-order valence-electron chi connectivity index (χ3n) is 2.40. The van der Waals surface area contributed by atoms with Gasteiger partial charge in [0, 0.05) is 12.7 Å². The number of nitrogens with zero attached hydrogens (tertiary/aromatic N) is 1. The summed E-state index contributed by atoms with van der Waals surface area (Å²) in [7, 11) is -3.33. The van der Waals surface area contributed by atoms with Crippen molar-refractivity contribution in [3.8, 4) is 5.75 Å². The minimum absolute atomic E-state index is 0.0335. The lowest BCUT2D eigenvalue weighted by molar-refractivity contribution is -0.385. The van der Waals surface area contributed by atoms with E-state index in [-0.39, 0.29) is 11.4 Å². The summed E-state index contributed by atoms with van der Waals surface area (Å²) < 4.78 is 22.4. The molecule has 6 nitrogen and oxygen atoms in total. The van der Waals surface area contributed by atoms with Crippen molar-refractivity contribution < 1.29 is 18.5 Å². The molecule has 0 spiro atoms.